The minimum absolute atomic E-state index is 0.0187. The summed E-state index contributed by atoms with van der Waals surface area (Å²) in [6.45, 7) is 10.5. The summed E-state index contributed by atoms with van der Waals surface area (Å²) in [4.78, 5) is 0. The van der Waals surface area contributed by atoms with Crippen LogP contribution in [0.1, 0.15) is 92.4 Å². The number of rotatable bonds is 10. The summed E-state index contributed by atoms with van der Waals surface area (Å²) < 4.78 is 37.3. The van der Waals surface area contributed by atoms with Crippen LogP contribution in [0, 0.1) is 46.3 Å². The van der Waals surface area contributed by atoms with E-state index in [1.165, 1.54) is 12.5 Å². The first-order valence-corrected chi connectivity index (χ1v) is 20.3. The van der Waals surface area contributed by atoms with Gasteiger partial charge >= 0.3 is 0 Å². The molecule has 0 amide bonds. The molecule has 4 aliphatic carbocycles. The van der Waals surface area contributed by atoms with Crippen LogP contribution in [-0.4, -0.2) is 135 Å². The highest BCUT2D eigenvalue weighted by molar-refractivity contribution is 5.26. The Bertz CT molecular complexity index is 1320. The molecule has 6 fully saturated rings. The molecule has 13 heteroatoms. The zero-order valence-electron chi connectivity index (χ0n) is 32.3. The van der Waals surface area contributed by atoms with Crippen LogP contribution >= 0.6 is 0 Å². The molecular formula is C40H66O13. The summed E-state index contributed by atoms with van der Waals surface area (Å²) in [6, 6.07) is 0. The monoisotopic (exact) mass is 754 g/mol. The molecule has 3 aliphatic heterocycles. The van der Waals surface area contributed by atoms with Gasteiger partial charge in [0.25, 0.3) is 0 Å². The first-order chi connectivity index (χ1) is 25.1. The highest BCUT2D eigenvalue weighted by Crippen LogP contribution is 2.70. The molecule has 3 saturated heterocycles. The second-order valence-corrected chi connectivity index (χ2v) is 18.3. The van der Waals surface area contributed by atoms with Crippen molar-refractivity contribution in [3.63, 3.8) is 0 Å². The molecule has 0 aromatic heterocycles. The van der Waals surface area contributed by atoms with Gasteiger partial charge in [0.1, 0.15) is 42.7 Å². The SMILES string of the molecule is CO[C@]1(CC[C@@H](C)CO)O[C@H]2C[C@H]3[C@@H]4CC=C5C[C@@H](O[C@@H]6O[C@H](CO)[C@@H](O)[C@H](O)[C@H]6O[C@@H]6O[C@@H](C)[C@H](O)[C@@H](O)[C@H]6O)CC[C@]5(C)[C@H]4CC[C@]3(C)[C@H]2[C@@H]1C. The van der Waals surface area contributed by atoms with E-state index >= 15 is 0 Å². The van der Waals surface area contributed by atoms with E-state index < -0.39 is 73.8 Å². The number of allylic oxidation sites excluding steroid dienone is 1. The zero-order chi connectivity index (χ0) is 38.2. The molecule has 0 aromatic rings. The van der Waals surface area contributed by atoms with Crippen molar-refractivity contribution in [2.45, 2.75) is 172 Å². The lowest BCUT2D eigenvalue weighted by Crippen LogP contribution is -2.64. The second kappa shape index (κ2) is 15.2. The molecule has 3 heterocycles. The number of fused-ring (bicyclic) bond motifs is 7. The maximum atomic E-state index is 11.1. The van der Waals surface area contributed by atoms with Crippen molar-refractivity contribution in [1.29, 1.82) is 0 Å². The summed E-state index contributed by atoms with van der Waals surface area (Å²) >= 11 is 0. The van der Waals surface area contributed by atoms with Crippen molar-refractivity contribution >= 4 is 0 Å². The van der Waals surface area contributed by atoms with E-state index in [-0.39, 0.29) is 41.5 Å². The predicted octanol–water partition coefficient (Wildman–Crippen LogP) is 2.00. The normalized spacial score (nSPS) is 54.4. The molecule has 0 unspecified atom stereocenters. The van der Waals surface area contributed by atoms with E-state index in [1.54, 1.807) is 7.11 Å². The highest BCUT2D eigenvalue weighted by atomic mass is 16.8. The minimum atomic E-state index is -1.62. The molecule has 7 rings (SSSR count). The van der Waals surface area contributed by atoms with E-state index in [9.17, 15) is 35.7 Å². The van der Waals surface area contributed by atoms with Gasteiger partial charge in [0.05, 0.1) is 24.9 Å². The molecule has 3 saturated carbocycles. The second-order valence-electron chi connectivity index (χ2n) is 18.3. The van der Waals surface area contributed by atoms with Crippen LogP contribution in [0.15, 0.2) is 11.6 Å². The molecule has 53 heavy (non-hydrogen) atoms. The summed E-state index contributed by atoms with van der Waals surface area (Å²) in [5.74, 6) is 1.97. The lowest BCUT2D eigenvalue weighted by Gasteiger charge is -2.58. The fourth-order valence-electron chi connectivity index (χ4n) is 12.4. The Morgan fingerprint density at radius 1 is 0.887 bits per heavy atom. The summed E-state index contributed by atoms with van der Waals surface area (Å²) in [6.07, 6.45) is -2.75. The van der Waals surface area contributed by atoms with E-state index in [2.05, 4.69) is 33.8 Å². The number of aliphatic hydroxyl groups excluding tert-OH is 7. The van der Waals surface area contributed by atoms with Crippen molar-refractivity contribution in [1.82, 2.24) is 0 Å². The van der Waals surface area contributed by atoms with Gasteiger partial charge in [-0.3, -0.25) is 0 Å². The molecule has 7 aliphatic rings. The van der Waals surface area contributed by atoms with Gasteiger partial charge in [-0.25, -0.2) is 0 Å². The fourth-order valence-corrected chi connectivity index (χ4v) is 12.4. The number of aliphatic hydroxyl groups is 7. The van der Waals surface area contributed by atoms with Crippen molar-refractivity contribution in [2.24, 2.45) is 46.3 Å². The number of hydrogen-bond donors (Lipinski definition) is 7. The van der Waals surface area contributed by atoms with Crippen molar-refractivity contribution in [3.05, 3.63) is 11.6 Å². The van der Waals surface area contributed by atoms with Gasteiger partial charge in [-0.2, -0.15) is 0 Å². The van der Waals surface area contributed by atoms with Crippen molar-refractivity contribution < 1.29 is 64.2 Å². The summed E-state index contributed by atoms with van der Waals surface area (Å²) in [7, 11) is 1.78. The van der Waals surface area contributed by atoms with Crippen LogP contribution in [0.25, 0.3) is 0 Å². The molecule has 7 N–H and O–H groups in total. The molecule has 0 bridgehead atoms. The zero-order valence-corrected chi connectivity index (χ0v) is 32.3. The first kappa shape index (κ1) is 40.4. The third kappa shape index (κ3) is 6.69. The van der Waals surface area contributed by atoms with Crippen LogP contribution < -0.4 is 0 Å². The van der Waals surface area contributed by atoms with Crippen LogP contribution in [0.5, 0.6) is 0 Å². The van der Waals surface area contributed by atoms with Gasteiger partial charge in [0, 0.05) is 26.1 Å². The molecule has 0 radical (unpaired) electrons. The number of hydrogen-bond acceptors (Lipinski definition) is 13. The summed E-state index contributed by atoms with van der Waals surface area (Å²) in [5.41, 5.74) is 1.56. The van der Waals surface area contributed by atoms with Gasteiger partial charge in [-0.1, -0.05) is 39.3 Å². The third-order valence-corrected chi connectivity index (χ3v) is 15.6. The molecular weight excluding hydrogens is 688 g/mol. The van der Waals surface area contributed by atoms with Crippen LogP contribution in [0.3, 0.4) is 0 Å². The topological polar surface area (TPSA) is 197 Å². The molecule has 0 spiro atoms. The van der Waals surface area contributed by atoms with Gasteiger partial charge < -0.3 is 64.2 Å². The third-order valence-electron chi connectivity index (χ3n) is 15.6. The Hall–Kier alpha value is -0.780. The lowest BCUT2D eigenvalue weighted by molar-refractivity contribution is -0.369. The van der Waals surface area contributed by atoms with Crippen LogP contribution in [0.2, 0.25) is 0 Å². The van der Waals surface area contributed by atoms with Gasteiger partial charge in [-0.15, -0.1) is 0 Å². The molecule has 0 aromatic carbocycles. The Kier molecular flexibility index (Phi) is 11.6. The average molecular weight is 755 g/mol. The molecule has 304 valence electrons. The van der Waals surface area contributed by atoms with Gasteiger partial charge in [-0.05, 0) is 98.7 Å². The van der Waals surface area contributed by atoms with E-state index in [0.717, 1.165) is 51.4 Å². The number of methoxy groups -OCH3 is 1. The van der Waals surface area contributed by atoms with Gasteiger partial charge in [0.15, 0.2) is 18.4 Å². The van der Waals surface area contributed by atoms with E-state index in [4.69, 9.17) is 28.4 Å². The summed E-state index contributed by atoms with van der Waals surface area (Å²) in [5, 5.41) is 72.6. The predicted molar refractivity (Wildman–Crippen MR) is 190 cm³/mol. The van der Waals surface area contributed by atoms with Crippen molar-refractivity contribution in [3.8, 4) is 0 Å². The standard InChI is InChI=1S/C40H66O13/c1-19(17-41)9-14-40(48-6)20(2)29-27(53-40)16-26-24-8-7-22-15-23(10-12-38(22,4)25(24)11-13-39(26,29)5)50-37-35(33(46)31(44)28(18-42)51-37)52-36-34(47)32(45)30(43)21(3)49-36/h7,19-21,23-37,41-47H,8-18H2,1-6H3/t19-,20+,21+,23+,24-,25+,26+,27+,28-,29+,30+,31-,32-,33+,34-,35-,36+,37-,38+,39+,40-/m1/s1. The quantitative estimate of drug-likeness (QED) is 0.160. The van der Waals surface area contributed by atoms with Gasteiger partial charge in [0.2, 0.25) is 0 Å². The Morgan fingerprint density at radius 2 is 1.64 bits per heavy atom. The Balaban J connectivity index is 1.04. The largest absolute Gasteiger partial charge is 0.396 e. The smallest absolute Gasteiger partial charge is 0.187 e. The van der Waals surface area contributed by atoms with Crippen LogP contribution in [0.4, 0.5) is 0 Å². The van der Waals surface area contributed by atoms with Crippen molar-refractivity contribution in [2.75, 3.05) is 20.3 Å². The fraction of sp³-hybridized carbons (Fsp3) is 0.950. The van der Waals surface area contributed by atoms with Crippen LogP contribution in [-0.2, 0) is 28.4 Å². The number of ether oxygens (including phenoxy) is 6. The highest BCUT2D eigenvalue weighted by Gasteiger charge is 2.68. The lowest BCUT2D eigenvalue weighted by atomic mass is 9.47. The first-order valence-electron chi connectivity index (χ1n) is 20.3. The maximum absolute atomic E-state index is 11.1. The molecule has 13 nitrogen and oxygen atoms in total. The van der Waals surface area contributed by atoms with E-state index in [1.807, 2.05) is 0 Å². The molecule has 21 atom stereocenters. The minimum Gasteiger partial charge on any atom is -0.396 e. The average Bonchev–Trinajstić information content (AvgIpc) is 3.60. The Labute approximate surface area is 313 Å². The maximum Gasteiger partial charge on any atom is 0.187 e. The Morgan fingerprint density at radius 3 is 2.34 bits per heavy atom. The van der Waals surface area contributed by atoms with E-state index in [0.29, 0.717) is 30.1 Å².